The molecule has 0 bridgehead atoms. The molecule has 0 aromatic heterocycles. The zero-order chi connectivity index (χ0) is 17.6. The summed E-state index contributed by atoms with van der Waals surface area (Å²) in [5.41, 5.74) is 1.75. The predicted octanol–water partition coefficient (Wildman–Crippen LogP) is 2.68. The van der Waals surface area contributed by atoms with Crippen molar-refractivity contribution in [1.82, 2.24) is 0 Å². The van der Waals surface area contributed by atoms with E-state index >= 15 is 0 Å². The van der Waals surface area contributed by atoms with E-state index in [4.69, 9.17) is 0 Å². The van der Waals surface area contributed by atoms with Crippen LogP contribution in [-0.2, 0) is 5.72 Å². The van der Waals surface area contributed by atoms with E-state index in [0.29, 0.717) is 12.1 Å². The van der Waals surface area contributed by atoms with Crippen molar-refractivity contribution in [2.24, 2.45) is 0 Å². The minimum Gasteiger partial charge on any atom is -0.346 e. The lowest BCUT2D eigenvalue weighted by Gasteiger charge is -2.23. The number of hydrogen-bond acceptors (Lipinski definition) is 5. The number of aryl methyl sites for hydroxylation is 1. The Labute approximate surface area is 149 Å². The highest BCUT2D eigenvalue weighted by molar-refractivity contribution is 8.14. The topological polar surface area (TPSA) is 69.6 Å². The van der Waals surface area contributed by atoms with Gasteiger partial charge in [0.2, 0.25) is 0 Å². The third-order valence-corrected chi connectivity index (χ3v) is 5.87. The lowest BCUT2D eigenvalue weighted by Crippen LogP contribution is -2.41. The molecule has 2 heterocycles. The van der Waals surface area contributed by atoms with Crippen LogP contribution in [0.2, 0.25) is 0 Å². The summed E-state index contributed by atoms with van der Waals surface area (Å²) in [5.74, 6) is 0.910. The summed E-state index contributed by atoms with van der Waals surface area (Å²) in [4.78, 5) is 12.6. The second-order valence-electron chi connectivity index (χ2n) is 6.28. The number of nitrogens with zero attached hydrogens (tertiary/aromatic N) is 3. The molecule has 1 N–H and O–H groups in total. The van der Waals surface area contributed by atoms with Gasteiger partial charge in [-0.25, -0.2) is 9.48 Å². The van der Waals surface area contributed by atoms with Crippen LogP contribution in [0.3, 0.4) is 0 Å². The Morgan fingerprint density at radius 3 is 2.64 bits per heavy atom. The van der Waals surface area contributed by atoms with Crippen LogP contribution in [0.15, 0.2) is 48.5 Å². The summed E-state index contributed by atoms with van der Waals surface area (Å²) < 4.78 is 2.01. The summed E-state index contributed by atoms with van der Waals surface area (Å²) in [6, 6.07) is 14.3. The molecule has 0 saturated carbocycles. The zero-order valence-corrected chi connectivity index (χ0v) is 14.6. The summed E-state index contributed by atoms with van der Waals surface area (Å²) >= 11 is 1.73. The molecule has 25 heavy (non-hydrogen) atoms. The summed E-state index contributed by atoms with van der Waals surface area (Å²) in [7, 11) is 0. The van der Waals surface area contributed by atoms with Crippen LogP contribution >= 0.6 is 11.8 Å². The Hall–Kier alpha value is -2.38. The molecular weight excluding hydrogens is 338 g/mol. The number of thioether (sulfide) groups is 1. The number of anilines is 1. The average molecular weight is 356 g/mol. The number of amidine groups is 1. The van der Waals surface area contributed by atoms with E-state index in [9.17, 15) is 15.2 Å². The highest BCUT2D eigenvalue weighted by Gasteiger charge is 2.54. The molecule has 0 amide bonds. The highest BCUT2D eigenvalue weighted by Crippen LogP contribution is 2.39. The number of nitro benzene ring substituents is 1. The first-order valence-electron chi connectivity index (χ1n) is 8.08. The number of β-amino-alcohol motifs (C(OH)–C–C–N with tert-alkyl or cyclic N) is 1. The lowest BCUT2D eigenvalue weighted by atomic mass is 10.0. The van der Waals surface area contributed by atoms with E-state index < -0.39 is 10.6 Å². The molecule has 0 unspecified atom stereocenters. The Morgan fingerprint density at radius 2 is 1.96 bits per heavy atom. The fraction of sp³-hybridized carbons (Fsp3) is 0.278. The van der Waals surface area contributed by atoms with Crippen LogP contribution in [-0.4, -0.2) is 38.6 Å². The van der Waals surface area contributed by atoms with Gasteiger partial charge in [0.1, 0.15) is 5.69 Å². The molecule has 7 heteroatoms. The van der Waals surface area contributed by atoms with Gasteiger partial charge in [0.05, 0.1) is 11.5 Å². The first-order valence-corrected chi connectivity index (χ1v) is 9.07. The maximum absolute atomic E-state index is 11.5. The number of para-hydroxylation sites is 1. The molecule has 0 aliphatic carbocycles. The van der Waals surface area contributed by atoms with Crippen LogP contribution in [0, 0.1) is 17.0 Å². The third kappa shape index (κ3) is 2.51. The third-order valence-electron chi connectivity index (χ3n) is 4.78. The first-order chi connectivity index (χ1) is 12.0. The van der Waals surface area contributed by atoms with Crippen molar-refractivity contribution in [1.29, 1.82) is 0 Å². The summed E-state index contributed by atoms with van der Waals surface area (Å²) in [6.07, 6.45) is 0. The number of aliphatic hydroxyl groups is 1. The quantitative estimate of drug-likeness (QED) is 0.520. The predicted molar refractivity (Wildman–Crippen MR) is 98.1 cm³/mol. The van der Waals surface area contributed by atoms with E-state index in [2.05, 4.69) is 24.0 Å². The molecule has 0 fully saturated rings. The number of hydrogen-bond donors (Lipinski definition) is 1. The molecule has 2 aliphatic rings. The van der Waals surface area contributed by atoms with E-state index in [-0.39, 0.29) is 5.69 Å². The van der Waals surface area contributed by atoms with E-state index in [1.807, 2.05) is 16.7 Å². The molecular formula is C18H18N3O3S+. The van der Waals surface area contributed by atoms with Crippen LogP contribution in [0.4, 0.5) is 11.4 Å². The van der Waals surface area contributed by atoms with Gasteiger partial charge in [-0.15, -0.1) is 0 Å². The molecule has 0 saturated heterocycles. The Kier molecular flexibility index (Phi) is 3.77. The first kappa shape index (κ1) is 16.1. The normalized spacial score (nSPS) is 22.4. The zero-order valence-electron chi connectivity index (χ0n) is 13.8. The van der Waals surface area contributed by atoms with Gasteiger partial charge in [-0.2, -0.15) is 0 Å². The minimum absolute atomic E-state index is 0.0288. The van der Waals surface area contributed by atoms with Gasteiger partial charge in [-0.3, -0.25) is 10.1 Å². The highest BCUT2D eigenvalue weighted by atomic mass is 32.2. The SMILES string of the molecule is Cc1ccccc1N1C[C@](O)(c2ccc([N+](=O)[O-])cc2)[N+]2=C1SCC2. The van der Waals surface area contributed by atoms with Gasteiger partial charge in [-0.1, -0.05) is 18.2 Å². The van der Waals surface area contributed by atoms with Crippen molar-refractivity contribution in [3.05, 3.63) is 69.8 Å². The monoisotopic (exact) mass is 356 g/mol. The maximum Gasteiger partial charge on any atom is 0.316 e. The van der Waals surface area contributed by atoms with Crippen LogP contribution in [0.5, 0.6) is 0 Å². The molecule has 6 nitrogen and oxygen atoms in total. The molecule has 128 valence electrons. The van der Waals surface area contributed by atoms with E-state index in [0.717, 1.165) is 28.7 Å². The number of benzene rings is 2. The molecule has 2 aliphatic heterocycles. The molecule has 0 spiro atoms. The van der Waals surface area contributed by atoms with Crippen molar-refractivity contribution < 1.29 is 14.6 Å². The molecule has 4 rings (SSSR count). The second kappa shape index (κ2) is 5.86. The van der Waals surface area contributed by atoms with Gasteiger partial charge in [0.15, 0.2) is 6.54 Å². The van der Waals surface area contributed by atoms with Gasteiger partial charge in [0.25, 0.3) is 11.4 Å². The van der Waals surface area contributed by atoms with Crippen molar-refractivity contribution in [3.8, 4) is 0 Å². The standard InChI is InChI=1S/C18H18N3O3S/c1-13-4-2-3-5-16(13)19-12-18(22,20-10-11-25-17(19)20)14-6-8-15(9-7-14)21(23)24/h2-9,22H,10-12H2,1H3/q+1/t18-/m0/s1. The van der Waals surface area contributed by atoms with E-state index in [1.165, 1.54) is 12.1 Å². The Morgan fingerprint density at radius 1 is 1.24 bits per heavy atom. The largest absolute Gasteiger partial charge is 0.346 e. The van der Waals surface area contributed by atoms with Gasteiger partial charge in [-0.05, 0) is 42.4 Å². The molecule has 0 radical (unpaired) electrons. The molecule has 2 aromatic carbocycles. The van der Waals surface area contributed by atoms with Crippen LogP contribution in [0.1, 0.15) is 11.1 Å². The van der Waals surface area contributed by atoms with Gasteiger partial charge < -0.3 is 5.11 Å². The van der Waals surface area contributed by atoms with Crippen molar-refractivity contribution in [2.75, 3.05) is 23.7 Å². The van der Waals surface area contributed by atoms with Crippen molar-refractivity contribution in [2.45, 2.75) is 12.6 Å². The Bertz CT molecular complexity index is 881. The fourth-order valence-electron chi connectivity index (χ4n) is 3.49. The minimum atomic E-state index is -1.18. The van der Waals surface area contributed by atoms with E-state index in [1.54, 1.807) is 23.9 Å². The number of non-ortho nitro benzene ring substituents is 1. The average Bonchev–Trinajstić information content (AvgIpc) is 3.19. The maximum atomic E-state index is 11.5. The molecule has 2 aromatic rings. The summed E-state index contributed by atoms with van der Waals surface area (Å²) in [6.45, 7) is 3.21. The van der Waals surface area contributed by atoms with Crippen LogP contribution < -0.4 is 4.90 Å². The fourth-order valence-corrected chi connectivity index (χ4v) is 4.67. The smallest absolute Gasteiger partial charge is 0.316 e. The Balaban J connectivity index is 1.76. The second-order valence-corrected chi connectivity index (χ2v) is 7.34. The van der Waals surface area contributed by atoms with Crippen LogP contribution in [0.25, 0.3) is 0 Å². The summed E-state index contributed by atoms with van der Waals surface area (Å²) in [5, 5.41) is 23.4. The van der Waals surface area contributed by atoms with Gasteiger partial charge in [0, 0.05) is 23.4 Å². The van der Waals surface area contributed by atoms with Crippen molar-refractivity contribution >= 4 is 28.3 Å². The lowest BCUT2D eigenvalue weighted by molar-refractivity contribution is -0.650. The number of nitro groups is 1. The number of rotatable bonds is 3. The molecule has 1 atom stereocenters. The van der Waals surface area contributed by atoms with Crippen molar-refractivity contribution in [3.63, 3.8) is 0 Å². The van der Waals surface area contributed by atoms with Gasteiger partial charge >= 0.3 is 5.17 Å².